The summed E-state index contributed by atoms with van der Waals surface area (Å²) in [7, 11) is -3.67. The van der Waals surface area contributed by atoms with Crippen molar-refractivity contribution in [1.29, 1.82) is 0 Å². The van der Waals surface area contributed by atoms with E-state index in [0.29, 0.717) is 22.0 Å². The molecule has 1 aromatic carbocycles. The lowest BCUT2D eigenvalue weighted by atomic mass is 10.1. The Morgan fingerprint density at radius 1 is 1.27 bits per heavy atom. The molecule has 0 bridgehead atoms. The number of amides is 1. The van der Waals surface area contributed by atoms with Crippen molar-refractivity contribution in [2.24, 2.45) is 0 Å². The third kappa shape index (κ3) is 4.74. The van der Waals surface area contributed by atoms with Crippen LogP contribution in [-0.2, 0) is 14.8 Å². The van der Waals surface area contributed by atoms with Crippen molar-refractivity contribution in [2.75, 3.05) is 18.5 Å². The lowest BCUT2D eigenvalue weighted by Gasteiger charge is -2.32. The van der Waals surface area contributed by atoms with Crippen LogP contribution in [0.2, 0.25) is 0 Å². The maximum Gasteiger partial charge on any atom is 0.348 e. The SMILES string of the molecule is CCOC(=O)c1sc(NC(=O)c2cccc(S(=O)(=O)N3CCCCC3C)c2)cc1C. The second-order valence-electron chi connectivity index (χ2n) is 7.29. The van der Waals surface area contributed by atoms with Crippen molar-refractivity contribution in [3.8, 4) is 0 Å². The molecule has 1 N–H and O–H groups in total. The van der Waals surface area contributed by atoms with Crippen LogP contribution in [0.15, 0.2) is 35.2 Å². The molecule has 2 heterocycles. The van der Waals surface area contributed by atoms with Crippen LogP contribution in [0, 0.1) is 6.92 Å². The third-order valence-electron chi connectivity index (χ3n) is 5.06. The molecule has 0 radical (unpaired) electrons. The molecule has 3 rings (SSSR count). The quantitative estimate of drug-likeness (QED) is 0.670. The lowest BCUT2D eigenvalue weighted by Crippen LogP contribution is -2.41. The first-order valence-electron chi connectivity index (χ1n) is 9.95. The van der Waals surface area contributed by atoms with Crippen LogP contribution in [0.4, 0.5) is 5.00 Å². The summed E-state index contributed by atoms with van der Waals surface area (Å²) in [6.45, 7) is 6.17. The number of nitrogens with one attached hydrogen (secondary N) is 1. The zero-order valence-electron chi connectivity index (χ0n) is 17.3. The van der Waals surface area contributed by atoms with Gasteiger partial charge in [-0.05, 0) is 63.4 Å². The molecule has 1 atom stereocenters. The van der Waals surface area contributed by atoms with Gasteiger partial charge in [-0.1, -0.05) is 12.5 Å². The summed E-state index contributed by atoms with van der Waals surface area (Å²) in [5.41, 5.74) is 0.952. The predicted molar refractivity (Wildman–Crippen MR) is 117 cm³/mol. The summed E-state index contributed by atoms with van der Waals surface area (Å²) in [4.78, 5) is 25.2. The topological polar surface area (TPSA) is 92.8 Å². The summed E-state index contributed by atoms with van der Waals surface area (Å²) < 4.78 is 32.7. The molecule has 7 nitrogen and oxygen atoms in total. The first-order chi connectivity index (χ1) is 14.2. The van der Waals surface area contributed by atoms with Crippen LogP contribution < -0.4 is 5.32 Å². The van der Waals surface area contributed by atoms with Crippen LogP contribution in [0.25, 0.3) is 0 Å². The molecule has 1 saturated heterocycles. The molecule has 162 valence electrons. The third-order valence-corrected chi connectivity index (χ3v) is 8.20. The number of nitrogens with zero attached hydrogens (tertiary/aromatic N) is 1. The Morgan fingerprint density at radius 2 is 2.03 bits per heavy atom. The van der Waals surface area contributed by atoms with Crippen molar-refractivity contribution in [3.05, 3.63) is 46.3 Å². The van der Waals surface area contributed by atoms with E-state index < -0.39 is 21.9 Å². The monoisotopic (exact) mass is 450 g/mol. The van der Waals surface area contributed by atoms with E-state index in [9.17, 15) is 18.0 Å². The highest BCUT2D eigenvalue weighted by Gasteiger charge is 2.31. The fourth-order valence-corrected chi connectivity index (χ4v) is 6.20. The van der Waals surface area contributed by atoms with Crippen molar-refractivity contribution in [2.45, 2.75) is 51.0 Å². The largest absolute Gasteiger partial charge is 0.462 e. The Labute approximate surface area is 181 Å². The van der Waals surface area contributed by atoms with Gasteiger partial charge >= 0.3 is 5.97 Å². The Hall–Kier alpha value is -2.23. The summed E-state index contributed by atoms with van der Waals surface area (Å²) in [5.74, 6) is -0.861. The first kappa shape index (κ1) is 22.5. The van der Waals surface area contributed by atoms with E-state index >= 15 is 0 Å². The van der Waals surface area contributed by atoms with Crippen molar-refractivity contribution in [3.63, 3.8) is 0 Å². The molecule has 1 aromatic heterocycles. The van der Waals surface area contributed by atoms with Crippen molar-refractivity contribution in [1.82, 2.24) is 4.31 Å². The minimum Gasteiger partial charge on any atom is -0.462 e. The van der Waals surface area contributed by atoms with E-state index in [0.717, 1.165) is 30.6 Å². The van der Waals surface area contributed by atoms with Gasteiger partial charge in [0.25, 0.3) is 5.91 Å². The number of rotatable bonds is 6. The molecular weight excluding hydrogens is 424 g/mol. The van der Waals surface area contributed by atoms with Crippen molar-refractivity contribution < 1.29 is 22.7 Å². The fourth-order valence-electron chi connectivity index (χ4n) is 3.49. The van der Waals surface area contributed by atoms with E-state index in [-0.39, 0.29) is 23.1 Å². The van der Waals surface area contributed by atoms with E-state index in [4.69, 9.17) is 4.74 Å². The summed E-state index contributed by atoms with van der Waals surface area (Å²) >= 11 is 1.13. The zero-order valence-corrected chi connectivity index (χ0v) is 18.9. The molecule has 1 fully saturated rings. The first-order valence-corrected chi connectivity index (χ1v) is 12.2. The van der Waals surface area contributed by atoms with Gasteiger partial charge in [0, 0.05) is 18.2 Å². The zero-order chi connectivity index (χ0) is 21.9. The highest BCUT2D eigenvalue weighted by atomic mass is 32.2. The minimum atomic E-state index is -3.67. The molecule has 1 unspecified atom stereocenters. The molecule has 30 heavy (non-hydrogen) atoms. The van der Waals surface area contributed by atoms with E-state index in [1.165, 1.54) is 16.4 Å². The van der Waals surface area contributed by atoms with Gasteiger partial charge in [0.2, 0.25) is 10.0 Å². The molecule has 1 amide bonds. The molecule has 9 heteroatoms. The van der Waals surface area contributed by atoms with Crippen LogP contribution in [0.5, 0.6) is 0 Å². The summed E-state index contributed by atoms with van der Waals surface area (Å²) in [6, 6.07) is 7.70. The van der Waals surface area contributed by atoms with E-state index in [1.54, 1.807) is 32.0 Å². The number of esters is 1. The summed E-state index contributed by atoms with van der Waals surface area (Å²) in [6.07, 6.45) is 2.69. The Balaban J connectivity index is 1.80. The molecular formula is C21H26N2O5S2. The van der Waals surface area contributed by atoms with Gasteiger partial charge in [0.15, 0.2) is 0 Å². The molecule has 0 saturated carbocycles. The van der Waals surface area contributed by atoms with Gasteiger partial charge in [-0.25, -0.2) is 13.2 Å². The van der Waals surface area contributed by atoms with Gasteiger partial charge in [0.05, 0.1) is 16.5 Å². The average molecular weight is 451 g/mol. The number of aryl methyl sites for hydroxylation is 1. The minimum absolute atomic E-state index is 0.0587. The second-order valence-corrected chi connectivity index (χ2v) is 10.2. The Morgan fingerprint density at radius 3 is 2.73 bits per heavy atom. The Bertz CT molecular complexity index is 1050. The van der Waals surface area contributed by atoms with Gasteiger partial charge in [-0.2, -0.15) is 4.31 Å². The number of hydrogen-bond acceptors (Lipinski definition) is 6. The highest BCUT2D eigenvalue weighted by molar-refractivity contribution is 7.89. The van der Waals surface area contributed by atoms with Gasteiger partial charge in [-0.3, -0.25) is 4.79 Å². The molecule has 1 aliphatic rings. The fraction of sp³-hybridized carbons (Fsp3) is 0.429. The standard InChI is InChI=1S/C21H26N2O5S2/c1-4-28-21(25)19-14(2)12-18(29-19)22-20(24)16-9-7-10-17(13-16)30(26,27)23-11-6-5-8-15(23)3/h7,9-10,12-13,15H,4-6,8,11H2,1-3H3,(H,22,24). The number of anilines is 1. The van der Waals surface area contributed by atoms with Gasteiger partial charge < -0.3 is 10.1 Å². The number of carbonyl (C=O) groups excluding carboxylic acids is 2. The lowest BCUT2D eigenvalue weighted by molar-refractivity contribution is 0.0531. The Kier molecular flexibility index (Phi) is 6.95. The second kappa shape index (κ2) is 9.28. The average Bonchev–Trinajstić information content (AvgIpc) is 3.08. The van der Waals surface area contributed by atoms with Gasteiger partial charge in [-0.15, -0.1) is 11.3 Å². The predicted octanol–water partition coefficient (Wildman–Crippen LogP) is 4.05. The smallest absolute Gasteiger partial charge is 0.348 e. The number of benzene rings is 1. The van der Waals surface area contributed by atoms with E-state index in [2.05, 4.69) is 5.32 Å². The normalized spacial score (nSPS) is 17.5. The van der Waals surface area contributed by atoms with Crippen LogP contribution in [0.1, 0.15) is 58.7 Å². The van der Waals surface area contributed by atoms with Gasteiger partial charge in [0.1, 0.15) is 4.88 Å². The number of thiophene rings is 1. The van der Waals surface area contributed by atoms with Crippen LogP contribution >= 0.6 is 11.3 Å². The molecule has 2 aromatic rings. The maximum absolute atomic E-state index is 13.1. The van der Waals surface area contributed by atoms with Crippen LogP contribution in [-0.4, -0.2) is 43.8 Å². The number of carbonyl (C=O) groups is 2. The number of sulfonamides is 1. The van der Waals surface area contributed by atoms with Crippen molar-refractivity contribution >= 4 is 38.2 Å². The van der Waals surface area contributed by atoms with E-state index in [1.807, 2.05) is 6.92 Å². The molecule has 0 spiro atoms. The highest BCUT2D eigenvalue weighted by Crippen LogP contribution is 2.29. The number of hydrogen-bond donors (Lipinski definition) is 1. The molecule has 1 aliphatic heterocycles. The van der Waals surface area contributed by atoms with Crippen LogP contribution in [0.3, 0.4) is 0 Å². The summed E-state index contributed by atoms with van der Waals surface area (Å²) in [5, 5.41) is 3.25. The number of piperidine rings is 1. The number of ether oxygens (including phenoxy) is 1. The maximum atomic E-state index is 13.1. The molecule has 0 aliphatic carbocycles.